The van der Waals surface area contributed by atoms with E-state index in [0.717, 1.165) is 15.9 Å². The van der Waals surface area contributed by atoms with Gasteiger partial charge in [-0.25, -0.2) is 4.39 Å². The first kappa shape index (κ1) is 13.6. The molecule has 3 heteroatoms. The zero-order chi connectivity index (χ0) is 13.0. The summed E-state index contributed by atoms with van der Waals surface area (Å²) in [6, 6.07) is 14.6. The second kappa shape index (κ2) is 6.35. The van der Waals surface area contributed by atoms with Crippen LogP contribution in [0, 0.1) is 5.82 Å². The summed E-state index contributed by atoms with van der Waals surface area (Å²) in [5.41, 5.74) is 1.91. The van der Waals surface area contributed by atoms with Crippen LogP contribution in [-0.2, 0) is 6.42 Å². The molecular formula is C15H13BrClF. The number of benzene rings is 2. The summed E-state index contributed by atoms with van der Waals surface area (Å²) in [4.78, 5) is 0. The van der Waals surface area contributed by atoms with Crippen LogP contribution in [0.15, 0.2) is 48.5 Å². The minimum absolute atomic E-state index is 0.141. The molecule has 2 aromatic carbocycles. The van der Waals surface area contributed by atoms with Gasteiger partial charge in [0.05, 0.1) is 0 Å². The third-order valence-corrected chi connectivity index (χ3v) is 3.99. The van der Waals surface area contributed by atoms with Crippen LogP contribution in [-0.4, -0.2) is 5.33 Å². The average Bonchev–Trinajstić information content (AvgIpc) is 2.39. The first-order valence-electron chi connectivity index (χ1n) is 5.75. The van der Waals surface area contributed by atoms with Gasteiger partial charge in [0.25, 0.3) is 0 Å². The summed E-state index contributed by atoms with van der Waals surface area (Å²) >= 11 is 9.37. The maximum absolute atomic E-state index is 13.6. The molecule has 0 aromatic heterocycles. The van der Waals surface area contributed by atoms with Crippen LogP contribution in [0.3, 0.4) is 0 Å². The lowest BCUT2D eigenvalue weighted by Crippen LogP contribution is -2.05. The van der Waals surface area contributed by atoms with E-state index < -0.39 is 0 Å². The van der Waals surface area contributed by atoms with Gasteiger partial charge < -0.3 is 0 Å². The highest BCUT2D eigenvalue weighted by Crippen LogP contribution is 2.25. The molecule has 0 aliphatic rings. The maximum atomic E-state index is 13.6. The molecule has 0 spiro atoms. The van der Waals surface area contributed by atoms with Crippen molar-refractivity contribution in [3.63, 3.8) is 0 Å². The number of hydrogen-bond donors (Lipinski definition) is 0. The van der Waals surface area contributed by atoms with E-state index in [4.69, 9.17) is 11.6 Å². The molecule has 18 heavy (non-hydrogen) atoms. The van der Waals surface area contributed by atoms with Gasteiger partial charge >= 0.3 is 0 Å². The molecule has 2 rings (SSSR count). The van der Waals surface area contributed by atoms with Crippen molar-refractivity contribution in [3.8, 4) is 0 Å². The van der Waals surface area contributed by atoms with Crippen molar-refractivity contribution < 1.29 is 4.39 Å². The van der Waals surface area contributed by atoms with Crippen LogP contribution in [0.2, 0.25) is 5.02 Å². The van der Waals surface area contributed by atoms with Crippen molar-refractivity contribution in [1.82, 2.24) is 0 Å². The standard InChI is InChI=1S/C15H13BrClF/c16-10-13(11-5-7-14(17)8-6-11)9-12-3-1-2-4-15(12)18/h1-8,13H,9-10H2. The summed E-state index contributed by atoms with van der Waals surface area (Å²) in [7, 11) is 0. The van der Waals surface area contributed by atoms with Crippen molar-refractivity contribution in [2.45, 2.75) is 12.3 Å². The largest absolute Gasteiger partial charge is 0.207 e. The van der Waals surface area contributed by atoms with E-state index in [1.165, 1.54) is 11.6 Å². The average molecular weight is 328 g/mol. The Bertz CT molecular complexity index is 510. The lowest BCUT2D eigenvalue weighted by molar-refractivity contribution is 0.599. The van der Waals surface area contributed by atoms with Crippen molar-refractivity contribution >= 4 is 27.5 Å². The molecule has 0 saturated heterocycles. The van der Waals surface area contributed by atoms with Gasteiger partial charge in [0.15, 0.2) is 0 Å². The van der Waals surface area contributed by atoms with Gasteiger partial charge in [-0.3, -0.25) is 0 Å². The topological polar surface area (TPSA) is 0 Å². The minimum Gasteiger partial charge on any atom is -0.207 e. The predicted molar refractivity (Wildman–Crippen MR) is 78.1 cm³/mol. The molecule has 94 valence electrons. The van der Waals surface area contributed by atoms with Gasteiger partial charge in [0, 0.05) is 10.4 Å². The molecule has 0 radical (unpaired) electrons. The third kappa shape index (κ3) is 3.33. The van der Waals surface area contributed by atoms with Gasteiger partial charge in [-0.15, -0.1) is 0 Å². The summed E-state index contributed by atoms with van der Waals surface area (Å²) in [5, 5.41) is 1.51. The fourth-order valence-corrected chi connectivity index (χ4v) is 2.65. The molecule has 0 amide bonds. The first-order chi connectivity index (χ1) is 8.70. The highest BCUT2D eigenvalue weighted by molar-refractivity contribution is 9.09. The minimum atomic E-state index is -0.141. The Kier molecular flexibility index (Phi) is 4.79. The third-order valence-electron chi connectivity index (χ3n) is 2.95. The maximum Gasteiger partial charge on any atom is 0.126 e. The molecule has 0 bridgehead atoms. The second-order valence-corrected chi connectivity index (χ2v) is 5.28. The summed E-state index contributed by atoms with van der Waals surface area (Å²) in [6.45, 7) is 0. The zero-order valence-corrected chi connectivity index (χ0v) is 12.1. The van der Waals surface area contributed by atoms with E-state index in [1.807, 2.05) is 36.4 Å². The van der Waals surface area contributed by atoms with Crippen molar-refractivity contribution in [2.24, 2.45) is 0 Å². The Hall–Kier alpha value is -0.860. The Morgan fingerprint density at radius 3 is 2.33 bits per heavy atom. The van der Waals surface area contributed by atoms with Gasteiger partial charge in [0.1, 0.15) is 5.82 Å². The normalized spacial score (nSPS) is 12.4. The van der Waals surface area contributed by atoms with E-state index >= 15 is 0 Å². The Morgan fingerprint density at radius 1 is 1.06 bits per heavy atom. The van der Waals surface area contributed by atoms with Crippen LogP contribution in [0.5, 0.6) is 0 Å². The van der Waals surface area contributed by atoms with Gasteiger partial charge in [-0.2, -0.15) is 0 Å². The molecule has 0 aliphatic carbocycles. The van der Waals surface area contributed by atoms with Crippen LogP contribution >= 0.6 is 27.5 Å². The van der Waals surface area contributed by atoms with E-state index in [9.17, 15) is 4.39 Å². The van der Waals surface area contributed by atoms with Crippen LogP contribution in [0.1, 0.15) is 17.0 Å². The van der Waals surface area contributed by atoms with Gasteiger partial charge in [-0.1, -0.05) is 57.9 Å². The highest BCUT2D eigenvalue weighted by Gasteiger charge is 2.13. The lowest BCUT2D eigenvalue weighted by Gasteiger charge is -2.15. The number of halogens is 3. The van der Waals surface area contributed by atoms with E-state index in [1.54, 1.807) is 6.07 Å². The molecule has 0 saturated carbocycles. The molecule has 0 nitrogen and oxygen atoms in total. The van der Waals surface area contributed by atoms with Gasteiger partial charge in [0.2, 0.25) is 0 Å². The Morgan fingerprint density at radius 2 is 1.72 bits per heavy atom. The fraction of sp³-hybridized carbons (Fsp3) is 0.200. The number of alkyl halides is 1. The van der Waals surface area contributed by atoms with Crippen LogP contribution < -0.4 is 0 Å². The SMILES string of the molecule is Fc1ccccc1CC(CBr)c1ccc(Cl)cc1. The zero-order valence-electron chi connectivity index (χ0n) is 9.74. The molecule has 0 fully saturated rings. The smallest absolute Gasteiger partial charge is 0.126 e. The van der Waals surface area contributed by atoms with E-state index in [2.05, 4.69) is 15.9 Å². The fourth-order valence-electron chi connectivity index (χ4n) is 1.93. The molecule has 0 heterocycles. The Labute approximate surface area is 120 Å². The number of rotatable bonds is 4. The lowest BCUT2D eigenvalue weighted by atomic mass is 9.93. The second-order valence-electron chi connectivity index (χ2n) is 4.20. The van der Waals surface area contributed by atoms with E-state index in [0.29, 0.717) is 6.42 Å². The molecule has 2 aromatic rings. The molecular weight excluding hydrogens is 315 g/mol. The van der Waals surface area contributed by atoms with Gasteiger partial charge in [-0.05, 0) is 41.7 Å². The molecule has 0 N–H and O–H groups in total. The van der Waals surface area contributed by atoms with Crippen molar-refractivity contribution in [2.75, 3.05) is 5.33 Å². The van der Waals surface area contributed by atoms with Crippen LogP contribution in [0.25, 0.3) is 0 Å². The van der Waals surface area contributed by atoms with E-state index in [-0.39, 0.29) is 11.7 Å². The Balaban J connectivity index is 2.20. The quantitative estimate of drug-likeness (QED) is 0.677. The number of hydrogen-bond acceptors (Lipinski definition) is 0. The predicted octanol–water partition coefficient (Wildman–Crippen LogP) is 5.20. The van der Waals surface area contributed by atoms with Crippen molar-refractivity contribution in [1.29, 1.82) is 0 Å². The summed E-state index contributed by atoms with van der Waals surface area (Å²) < 4.78 is 13.6. The highest BCUT2D eigenvalue weighted by atomic mass is 79.9. The monoisotopic (exact) mass is 326 g/mol. The molecule has 0 aliphatic heterocycles. The summed E-state index contributed by atoms with van der Waals surface area (Å²) in [5.74, 6) is 0.108. The van der Waals surface area contributed by atoms with Crippen molar-refractivity contribution in [3.05, 3.63) is 70.5 Å². The molecule has 1 atom stereocenters. The summed E-state index contributed by atoms with van der Waals surface area (Å²) in [6.07, 6.45) is 0.680. The van der Waals surface area contributed by atoms with Crippen LogP contribution in [0.4, 0.5) is 4.39 Å². The molecule has 1 unspecified atom stereocenters. The first-order valence-corrected chi connectivity index (χ1v) is 7.25.